The zero-order valence-electron chi connectivity index (χ0n) is 13.7. The lowest BCUT2D eigenvalue weighted by Crippen LogP contribution is -2.11. The van der Waals surface area contributed by atoms with E-state index in [1.807, 2.05) is 0 Å². The molecule has 0 spiro atoms. The van der Waals surface area contributed by atoms with Crippen LogP contribution in [0.3, 0.4) is 0 Å². The summed E-state index contributed by atoms with van der Waals surface area (Å²) >= 11 is 0. The van der Waals surface area contributed by atoms with Crippen molar-refractivity contribution in [3.63, 3.8) is 0 Å². The van der Waals surface area contributed by atoms with Gasteiger partial charge in [0.2, 0.25) is 5.91 Å². The predicted octanol–water partition coefficient (Wildman–Crippen LogP) is 4.30. The molecule has 0 aliphatic rings. The van der Waals surface area contributed by atoms with E-state index in [4.69, 9.17) is 5.73 Å². The zero-order valence-corrected chi connectivity index (χ0v) is 13.7. The van der Waals surface area contributed by atoms with Crippen molar-refractivity contribution in [3.8, 4) is 0 Å². The summed E-state index contributed by atoms with van der Waals surface area (Å²) in [5, 5.41) is 0.909. The molecule has 27 heavy (non-hydrogen) atoms. The Balaban J connectivity index is 2.03. The minimum Gasteiger partial charge on any atom is -0.366 e. The summed E-state index contributed by atoms with van der Waals surface area (Å²) in [4.78, 5) is 11.8. The molecule has 0 aliphatic heterocycles. The van der Waals surface area contributed by atoms with Crippen LogP contribution in [0.4, 0.5) is 17.6 Å². The van der Waals surface area contributed by atoms with Gasteiger partial charge in [0.15, 0.2) is 17.5 Å². The van der Waals surface area contributed by atoms with Crippen LogP contribution in [0.15, 0.2) is 42.5 Å². The van der Waals surface area contributed by atoms with Gasteiger partial charge in [-0.2, -0.15) is 0 Å². The SMILES string of the molecule is NC(=O)c1cccc2c1c1[c]cc(F)cc1n2Cc1cc(F)c(F)c(F)c1. The second-order valence-corrected chi connectivity index (χ2v) is 6.10. The van der Waals surface area contributed by atoms with Crippen molar-refractivity contribution < 1.29 is 22.4 Å². The molecule has 4 rings (SSSR count). The molecule has 1 amide bonds. The fourth-order valence-electron chi connectivity index (χ4n) is 3.29. The molecule has 0 atom stereocenters. The molecule has 0 bridgehead atoms. The molecule has 0 saturated heterocycles. The maximum atomic E-state index is 13.8. The van der Waals surface area contributed by atoms with Crippen molar-refractivity contribution in [1.29, 1.82) is 0 Å². The Bertz CT molecular complexity index is 1210. The topological polar surface area (TPSA) is 48.0 Å². The van der Waals surface area contributed by atoms with Crippen molar-refractivity contribution in [1.82, 2.24) is 4.57 Å². The summed E-state index contributed by atoms with van der Waals surface area (Å²) in [7, 11) is 0. The van der Waals surface area contributed by atoms with Gasteiger partial charge >= 0.3 is 0 Å². The summed E-state index contributed by atoms with van der Waals surface area (Å²) in [6, 6.07) is 11.7. The maximum Gasteiger partial charge on any atom is 0.249 e. The lowest BCUT2D eigenvalue weighted by atomic mass is 10.1. The number of carbonyl (C=O) groups excluding carboxylic acids is 1. The van der Waals surface area contributed by atoms with Gasteiger partial charge in [0.1, 0.15) is 5.82 Å². The highest BCUT2D eigenvalue weighted by Crippen LogP contribution is 2.32. The zero-order chi connectivity index (χ0) is 19.3. The molecule has 1 radical (unpaired) electrons. The molecule has 0 fully saturated rings. The van der Waals surface area contributed by atoms with E-state index in [0.717, 1.165) is 18.2 Å². The van der Waals surface area contributed by atoms with Gasteiger partial charge in [-0.1, -0.05) is 6.07 Å². The Morgan fingerprint density at radius 3 is 2.41 bits per heavy atom. The number of hydrogen-bond donors (Lipinski definition) is 1. The summed E-state index contributed by atoms with van der Waals surface area (Å²) in [5.74, 6) is -5.43. The number of carbonyl (C=O) groups is 1. The van der Waals surface area contributed by atoms with Crippen LogP contribution in [-0.2, 0) is 6.54 Å². The molecule has 0 unspecified atom stereocenters. The first kappa shape index (κ1) is 17.1. The van der Waals surface area contributed by atoms with Crippen molar-refractivity contribution >= 4 is 27.7 Å². The first-order chi connectivity index (χ1) is 12.9. The Hall–Kier alpha value is -3.35. The minimum atomic E-state index is -1.56. The van der Waals surface area contributed by atoms with Gasteiger partial charge in [-0.05, 0) is 48.0 Å². The fraction of sp³-hybridized carbons (Fsp3) is 0.0500. The highest BCUT2D eigenvalue weighted by Gasteiger charge is 2.18. The Labute approximate surface area is 150 Å². The van der Waals surface area contributed by atoms with Crippen LogP contribution in [0, 0.1) is 29.3 Å². The number of nitrogens with zero attached hydrogens (tertiary/aromatic N) is 1. The van der Waals surface area contributed by atoms with E-state index >= 15 is 0 Å². The van der Waals surface area contributed by atoms with Crippen LogP contribution in [0.2, 0.25) is 0 Å². The van der Waals surface area contributed by atoms with E-state index in [2.05, 4.69) is 6.07 Å². The van der Waals surface area contributed by atoms with Gasteiger partial charge in [-0.3, -0.25) is 4.79 Å². The average molecular weight is 371 g/mol. The first-order valence-electron chi connectivity index (χ1n) is 7.92. The number of hydrogen-bond acceptors (Lipinski definition) is 1. The number of halogens is 4. The highest BCUT2D eigenvalue weighted by molar-refractivity contribution is 6.17. The molecule has 1 aromatic heterocycles. The lowest BCUT2D eigenvalue weighted by molar-refractivity contribution is 0.100. The number of rotatable bonds is 3. The molecule has 0 saturated carbocycles. The molecule has 7 heteroatoms. The molecule has 4 aromatic rings. The number of amides is 1. The van der Waals surface area contributed by atoms with E-state index in [9.17, 15) is 22.4 Å². The monoisotopic (exact) mass is 371 g/mol. The molecule has 135 valence electrons. The van der Waals surface area contributed by atoms with E-state index in [1.165, 1.54) is 12.1 Å². The number of fused-ring (bicyclic) bond motifs is 3. The number of nitrogens with two attached hydrogens (primary N) is 1. The number of benzene rings is 3. The molecule has 3 aromatic carbocycles. The number of aromatic nitrogens is 1. The predicted molar refractivity (Wildman–Crippen MR) is 92.2 cm³/mol. The third kappa shape index (κ3) is 2.71. The van der Waals surface area contributed by atoms with Crippen molar-refractivity contribution in [2.75, 3.05) is 0 Å². The van der Waals surface area contributed by atoms with Gasteiger partial charge in [0, 0.05) is 22.9 Å². The summed E-state index contributed by atoms with van der Waals surface area (Å²) < 4.78 is 55.8. The van der Waals surface area contributed by atoms with Gasteiger partial charge in [-0.25, -0.2) is 17.6 Å². The van der Waals surface area contributed by atoms with Crippen LogP contribution in [0.1, 0.15) is 15.9 Å². The lowest BCUT2D eigenvalue weighted by Gasteiger charge is -2.09. The van der Waals surface area contributed by atoms with Crippen LogP contribution in [-0.4, -0.2) is 10.5 Å². The van der Waals surface area contributed by atoms with Crippen LogP contribution >= 0.6 is 0 Å². The molecule has 1 heterocycles. The molecular weight excluding hydrogens is 360 g/mol. The third-order valence-corrected chi connectivity index (χ3v) is 4.41. The fourth-order valence-corrected chi connectivity index (χ4v) is 3.29. The van der Waals surface area contributed by atoms with E-state index in [1.54, 1.807) is 16.7 Å². The molecule has 3 nitrogen and oxygen atoms in total. The maximum absolute atomic E-state index is 13.8. The molecule has 2 N–H and O–H groups in total. The summed E-state index contributed by atoms with van der Waals surface area (Å²) in [6.45, 7) is -0.0758. The smallest absolute Gasteiger partial charge is 0.249 e. The van der Waals surface area contributed by atoms with Crippen LogP contribution in [0.5, 0.6) is 0 Å². The van der Waals surface area contributed by atoms with E-state index in [-0.39, 0.29) is 17.7 Å². The van der Waals surface area contributed by atoms with Crippen molar-refractivity contribution in [2.24, 2.45) is 5.73 Å². The second kappa shape index (κ2) is 6.12. The number of primary amides is 1. The van der Waals surface area contributed by atoms with E-state index < -0.39 is 29.2 Å². The largest absolute Gasteiger partial charge is 0.366 e. The van der Waals surface area contributed by atoms with Crippen molar-refractivity contribution in [3.05, 3.63) is 82.9 Å². The quantitative estimate of drug-likeness (QED) is 0.424. The average Bonchev–Trinajstić information content (AvgIpc) is 2.92. The second-order valence-electron chi connectivity index (χ2n) is 6.10. The highest BCUT2D eigenvalue weighted by atomic mass is 19.2. The standard InChI is InChI=1S/C20H11F4N2O/c21-11-4-5-12-17(8-11)26(9-10-6-14(22)19(24)15(23)7-10)16-3-1-2-13(18(12)16)20(25)27/h1-4,6-8H,9H2,(H2,25,27). The van der Waals surface area contributed by atoms with Crippen molar-refractivity contribution in [2.45, 2.75) is 6.54 Å². The van der Waals surface area contributed by atoms with Gasteiger partial charge < -0.3 is 10.3 Å². The third-order valence-electron chi connectivity index (χ3n) is 4.41. The van der Waals surface area contributed by atoms with Crippen LogP contribution < -0.4 is 5.73 Å². The Kier molecular flexibility index (Phi) is 3.87. The summed E-state index contributed by atoms with van der Waals surface area (Å²) in [6.07, 6.45) is 0. The summed E-state index contributed by atoms with van der Waals surface area (Å²) in [5.41, 5.74) is 6.67. The van der Waals surface area contributed by atoms with Gasteiger partial charge in [0.05, 0.1) is 11.0 Å². The normalized spacial score (nSPS) is 11.4. The first-order valence-corrected chi connectivity index (χ1v) is 7.92. The Morgan fingerprint density at radius 1 is 1.04 bits per heavy atom. The Morgan fingerprint density at radius 2 is 1.74 bits per heavy atom. The van der Waals surface area contributed by atoms with Gasteiger partial charge in [-0.15, -0.1) is 0 Å². The minimum absolute atomic E-state index is 0.0758. The van der Waals surface area contributed by atoms with E-state index in [0.29, 0.717) is 21.8 Å². The van der Waals surface area contributed by atoms with Crippen LogP contribution in [0.25, 0.3) is 21.8 Å². The molecular formula is C20H11F4N2O. The van der Waals surface area contributed by atoms with Gasteiger partial charge in [0.25, 0.3) is 0 Å². The molecule has 0 aliphatic carbocycles.